The Balaban J connectivity index is 1.71. The molecule has 0 heterocycles. The van der Waals surface area contributed by atoms with Crippen molar-refractivity contribution < 1.29 is 28.6 Å². The first kappa shape index (κ1) is 24.4. The molecule has 0 fully saturated rings. The third-order valence-corrected chi connectivity index (χ3v) is 5.05. The summed E-state index contributed by atoms with van der Waals surface area (Å²) in [7, 11) is 4.37. The first-order chi connectivity index (χ1) is 16.4. The molecule has 9 nitrogen and oxygen atoms in total. The van der Waals surface area contributed by atoms with Gasteiger partial charge in [-0.15, -0.1) is 0 Å². The molecule has 0 aliphatic carbocycles. The molecule has 0 unspecified atom stereocenters. The van der Waals surface area contributed by atoms with E-state index in [1.807, 2.05) is 0 Å². The molecule has 0 aliphatic rings. The molecule has 0 saturated heterocycles. The first-order valence-electron chi connectivity index (χ1n) is 9.94. The lowest BCUT2D eigenvalue weighted by Gasteiger charge is -2.14. The van der Waals surface area contributed by atoms with Gasteiger partial charge in [-0.25, -0.2) is 0 Å². The molecule has 3 N–H and O–H groups in total. The maximum Gasteiger partial charge on any atom is 0.271 e. The van der Waals surface area contributed by atoms with E-state index in [1.165, 1.54) is 51.7 Å². The Bertz CT molecular complexity index is 1210. The summed E-state index contributed by atoms with van der Waals surface area (Å²) < 4.78 is 15.8. The summed E-state index contributed by atoms with van der Waals surface area (Å²) in [6.07, 6.45) is 0. The van der Waals surface area contributed by atoms with Crippen LogP contribution >= 0.6 is 11.6 Å². The molecule has 34 heavy (non-hydrogen) atoms. The van der Waals surface area contributed by atoms with Gasteiger partial charge in [0, 0.05) is 16.8 Å². The van der Waals surface area contributed by atoms with Gasteiger partial charge < -0.3 is 19.5 Å². The van der Waals surface area contributed by atoms with Gasteiger partial charge in [0.2, 0.25) is 5.75 Å². The summed E-state index contributed by atoms with van der Waals surface area (Å²) in [4.78, 5) is 37.5. The van der Waals surface area contributed by atoms with Crippen LogP contribution in [0.3, 0.4) is 0 Å². The van der Waals surface area contributed by atoms with Gasteiger partial charge in [-0.1, -0.05) is 29.8 Å². The Morgan fingerprint density at radius 2 is 1.35 bits per heavy atom. The fraction of sp³-hybridized carbons (Fsp3) is 0.125. The van der Waals surface area contributed by atoms with Crippen molar-refractivity contribution in [2.24, 2.45) is 0 Å². The van der Waals surface area contributed by atoms with E-state index in [9.17, 15) is 14.4 Å². The number of nitrogens with one attached hydrogen (secondary N) is 3. The van der Waals surface area contributed by atoms with Crippen LogP contribution in [-0.2, 0) is 0 Å². The van der Waals surface area contributed by atoms with E-state index in [-0.39, 0.29) is 21.7 Å². The van der Waals surface area contributed by atoms with Crippen LogP contribution in [-0.4, -0.2) is 39.1 Å². The van der Waals surface area contributed by atoms with E-state index in [4.69, 9.17) is 25.8 Å². The Labute approximate surface area is 200 Å². The van der Waals surface area contributed by atoms with E-state index in [2.05, 4.69) is 16.2 Å². The molecule has 0 bridgehead atoms. The number of hydrogen-bond donors (Lipinski definition) is 3. The number of carbonyl (C=O) groups is 3. The predicted octanol–water partition coefficient (Wildman–Crippen LogP) is 3.69. The highest BCUT2D eigenvalue weighted by Crippen LogP contribution is 2.38. The zero-order chi connectivity index (χ0) is 24.7. The number of halogens is 1. The van der Waals surface area contributed by atoms with Crippen LogP contribution < -0.4 is 30.4 Å². The van der Waals surface area contributed by atoms with Crippen LogP contribution in [0.4, 0.5) is 5.69 Å². The molecule has 3 amide bonds. The molecule has 0 atom stereocenters. The van der Waals surface area contributed by atoms with Crippen molar-refractivity contribution in [1.29, 1.82) is 0 Å². The van der Waals surface area contributed by atoms with E-state index in [0.29, 0.717) is 22.9 Å². The predicted molar refractivity (Wildman–Crippen MR) is 127 cm³/mol. The van der Waals surface area contributed by atoms with Gasteiger partial charge in [0.1, 0.15) is 0 Å². The maximum atomic E-state index is 12.8. The minimum atomic E-state index is -0.579. The van der Waals surface area contributed by atoms with E-state index >= 15 is 0 Å². The van der Waals surface area contributed by atoms with Gasteiger partial charge in [-0.3, -0.25) is 25.2 Å². The van der Waals surface area contributed by atoms with E-state index in [1.54, 1.807) is 30.3 Å². The van der Waals surface area contributed by atoms with Crippen molar-refractivity contribution in [3.05, 3.63) is 82.4 Å². The van der Waals surface area contributed by atoms with Crippen LogP contribution in [0.5, 0.6) is 17.2 Å². The Hall–Kier alpha value is -4.24. The number of anilines is 1. The summed E-state index contributed by atoms with van der Waals surface area (Å²) in [5, 5.41) is 2.97. The van der Waals surface area contributed by atoms with Crippen LogP contribution in [0.2, 0.25) is 5.02 Å². The second-order valence-electron chi connectivity index (χ2n) is 6.84. The van der Waals surface area contributed by atoms with Crippen molar-refractivity contribution in [1.82, 2.24) is 10.9 Å². The number of methoxy groups -OCH3 is 3. The van der Waals surface area contributed by atoms with Crippen molar-refractivity contribution in [2.45, 2.75) is 0 Å². The molecule has 0 spiro atoms. The van der Waals surface area contributed by atoms with Crippen LogP contribution in [0.1, 0.15) is 31.1 Å². The number of hydrazine groups is 1. The normalized spacial score (nSPS) is 10.1. The van der Waals surface area contributed by atoms with Gasteiger partial charge in [-0.05, 0) is 42.5 Å². The molecule has 0 aromatic heterocycles. The molecular formula is C24H22ClN3O6. The van der Waals surface area contributed by atoms with Crippen LogP contribution in [0.25, 0.3) is 0 Å². The van der Waals surface area contributed by atoms with E-state index in [0.717, 1.165) is 0 Å². The molecule has 3 aromatic carbocycles. The summed E-state index contributed by atoms with van der Waals surface area (Å²) in [5.41, 5.74) is 5.69. The zero-order valence-electron chi connectivity index (χ0n) is 18.6. The lowest BCUT2D eigenvalue weighted by molar-refractivity contribution is 0.0847. The summed E-state index contributed by atoms with van der Waals surface area (Å²) in [6, 6.07) is 15.7. The summed E-state index contributed by atoms with van der Waals surface area (Å²) in [6.45, 7) is 0. The lowest BCUT2D eigenvalue weighted by Crippen LogP contribution is -2.41. The number of amides is 3. The van der Waals surface area contributed by atoms with Crippen LogP contribution in [0.15, 0.2) is 60.7 Å². The Kier molecular flexibility index (Phi) is 7.94. The van der Waals surface area contributed by atoms with Gasteiger partial charge in [0.15, 0.2) is 11.5 Å². The molecule has 0 radical (unpaired) electrons. The second kappa shape index (κ2) is 11.1. The second-order valence-corrected chi connectivity index (χ2v) is 7.24. The zero-order valence-corrected chi connectivity index (χ0v) is 19.4. The highest BCUT2D eigenvalue weighted by atomic mass is 35.5. The number of ether oxygens (including phenoxy) is 3. The molecular weight excluding hydrogens is 462 g/mol. The Morgan fingerprint density at radius 3 is 1.97 bits per heavy atom. The monoisotopic (exact) mass is 483 g/mol. The van der Waals surface area contributed by atoms with E-state index < -0.39 is 17.7 Å². The van der Waals surface area contributed by atoms with Crippen molar-refractivity contribution >= 4 is 35.0 Å². The standard InChI is InChI=1S/C24H22ClN3O6/c1-32-19-12-15(13-20(33-2)21(19)34-3)22(29)26-16-8-6-7-14(11-16)23(30)27-28-24(31)17-9-4-5-10-18(17)25/h4-13H,1-3H3,(H,26,29)(H,27,30)(H,28,31). The lowest BCUT2D eigenvalue weighted by atomic mass is 10.1. The maximum absolute atomic E-state index is 12.8. The molecule has 0 aliphatic heterocycles. The van der Waals surface area contributed by atoms with Gasteiger partial charge in [0.05, 0.1) is 31.9 Å². The number of hydrogen-bond acceptors (Lipinski definition) is 6. The molecule has 0 saturated carbocycles. The molecule has 10 heteroatoms. The largest absolute Gasteiger partial charge is 0.493 e. The number of rotatable bonds is 7. The summed E-state index contributed by atoms with van der Waals surface area (Å²) >= 11 is 5.99. The topological polar surface area (TPSA) is 115 Å². The first-order valence-corrected chi connectivity index (χ1v) is 10.3. The van der Waals surface area contributed by atoms with Crippen molar-refractivity contribution in [3.8, 4) is 17.2 Å². The Morgan fingerprint density at radius 1 is 0.706 bits per heavy atom. The summed E-state index contributed by atoms with van der Waals surface area (Å²) in [5.74, 6) is -0.582. The number of benzene rings is 3. The fourth-order valence-corrected chi connectivity index (χ4v) is 3.27. The highest BCUT2D eigenvalue weighted by Gasteiger charge is 2.18. The SMILES string of the molecule is COc1cc(C(=O)Nc2cccc(C(=O)NNC(=O)c3ccccc3Cl)c2)cc(OC)c1OC. The van der Waals surface area contributed by atoms with Crippen molar-refractivity contribution in [3.63, 3.8) is 0 Å². The smallest absolute Gasteiger partial charge is 0.271 e. The van der Waals surface area contributed by atoms with Gasteiger partial charge in [0.25, 0.3) is 17.7 Å². The molecule has 176 valence electrons. The minimum Gasteiger partial charge on any atom is -0.493 e. The van der Waals surface area contributed by atoms with Gasteiger partial charge in [-0.2, -0.15) is 0 Å². The third-order valence-electron chi connectivity index (χ3n) is 4.72. The fourth-order valence-electron chi connectivity index (χ4n) is 3.05. The quantitative estimate of drug-likeness (QED) is 0.441. The average molecular weight is 484 g/mol. The average Bonchev–Trinajstić information content (AvgIpc) is 2.86. The van der Waals surface area contributed by atoms with Crippen molar-refractivity contribution in [2.75, 3.05) is 26.6 Å². The minimum absolute atomic E-state index is 0.210. The molecule has 3 aromatic rings. The molecule has 3 rings (SSSR count). The van der Waals surface area contributed by atoms with Gasteiger partial charge >= 0.3 is 0 Å². The highest BCUT2D eigenvalue weighted by molar-refractivity contribution is 6.33. The third kappa shape index (κ3) is 5.57. The number of carbonyl (C=O) groups excluding carboxylic acids is 3. The van der Waals surface area contributed by atoms with Crippen LogP contribution in [0, 0.1) is 0 Å².